The number of hydrogen-bond donors (Lipinski definition) is 1. The number of carboxylic acids is 1. The molecule has 2 aliphatic rings. The summed E-state index contributed by atoms with van der Waals surface area (Å²) in [6, 6.07) is 2.01. The van der Waals surface area contributed by atoms with Gasteiger partial charge in [-0.25, -0.2) is 9.18 Å². The SMILES string of the molecule is O=C(O)c1cc([N+](=O)[O-])c(N2CC3CCC2C3)cc1F. The van der Waals surface area contributed by atoms with Crippen LogP contribution in [0, 0.1) is 21.8 Å². The van der Waals surface area contributed by atoms with Gasteiger partial charge in [-0.1, -0.05) is 0 Å². The lowest BCUT2D eigenvalue weighted by molar-refractivity contribution is -0.384. The van der Waals surface area contributed by atoms with Gasteiger partial charge in [0.1, 0.15) is 17.1 Å². The number of nitro groups is 1. The standard InChI is InChI=1S/C13H13FN2O4/c14-10-5-11(15-6-7-1-2-8(15)3-7)12(16(19)20)4-9(10)13(17)18/h4-5,7-8H,1-3,6H2,(H,17,18). The van der Waals surface area contributed by atoms with E-state index in [2.05, 4.69) is 0 Å². The lowest BCUT2D eigenvalue weighted by Gasteiger charge is -2.28. The first kappa shape index (κ1) is 12.8. The van der Waals surface area contributed by atoms with Crippen LogP contribution < -0.4 is 4.90 Å². The lowest BCUT2D eigenvalue weighted by atomic mass is 10.1. The second-order valence-electron chi connectivity index (χ2n) is 5.37. The molecule has 3 rings (SSSR count). The maximum Gasteiger partial charge on any atom is 0.338 e. The minimum atomic E-state index is -1.50. The number of hydrogen-bond acceptors (Lipinski definition) is 4. The monoisotopic (exact) mass is 280 g/mol. The fourth-order valence-corrected chi connectivity index (χ4v) is 3.31. The molecule has 1 saturated heterocycles. The summed E-state index contributed by atoms with van der Waals surface area (Å²) < 4.78 is 13.8. The molecule has 0 amide bonds. The molecule has 2 atom stereocenters. The average molecular weight is 280 g/mol. The summed E-state index contributed by atoms with van der Waals surface area (Å²) in [4.78, 5) is 23.2. The van der Waals surface area contributed by atoms with E-state index >= 15 is 0 Å². The van der Waals surface area contributed by atoms with Crippen LogP contribution in [0.25, 0.3) is 0 Å². The number of halogens is 1. The summed E-state index contributed by atoms with van der Waals surface area (Å²) in [5.41, 5.74) is -0.800. The molecule has 106 valence electrons. The smallest absolute Gasteiger partial charge is 0.338 e. The number of fused-ring (bicyclic) bond motifs is 2. The molecule has 2 fully saturated rings. The largest absolute Gasteiger partial charge is 0.478 e. The molecule has 1 N–H and O–H groups in total. The van der Waals surface area contributed by atoms with E-state index in [0.717, 1.165) is 31.4 Å². The molecule has 2 unspecified atom stereocenters. The summed E-state index contributed by atoms with van der Waals surface area (Å²) in [5, 5.41) is 20.0. The zero-order valence-corrected chi connectivity index (χ0v) is 10.6. The van der Waals surface area contributed by atoms with Crippen LogP contribution in [-0.2, 0) is 0 Å². The molecule has 2 bridgehead atoms. The summed E-state index contributed by atoms with van der Waals surface area (Å²) in [6.07, 6.45) is 3.02. The number of aromatic carboxylic acids is 1. The van der Waals surface area contributed by atoms with Crippen LogP contribution in [0.3, 0.4) is 0 Å². The van der Waals surface area contributed by atoms with Crippen molar-refractivity contribution in [2.24, 2.45) is 5.92 Å². The Labute approximate surface area is 114 Å². The Kier molecular flexibility index (Phi) is 2.84. The van der Waals surface area contributed by atoms with E-state index in [1.807, 2.05) is 4.90 Å². The molecule has 0 spiro atoms. The minimum absolute atomic E-state index is 0.199. The van der Waals surface area contributed by atoms with Crippen molar-refractivity contribution in [2.45, 2.75) is 25.3 Å². The minimum Gasteiger partial charge on any atom is -0.478 e. The Balaban J connectivity index is 2.08. The number of piperidine rings is 1. The topological polar surface area (TPSA) is 83.7 Å². The third kappa shape index (κ3) is 1.90. The van der Waals surface area contributed by atoms with E-state index in [1.165, 1.54) is 0 Å². The van der Waals surface area contributed by atoms with Gasteiger partial charge in [0, 0.05) is 24.7 Å². The van der Waals surface area contributed by atoms with Crippen molar-refractivity contribution in [1.82, 2.24) is 0 Å². The highest BCUT2D eigenvalue weighted by atomic mass is 19.1. The number of rotatable bonds is 3. The predicted octanol–water partition coefficient (Wildman–Crippen LogP) is 2.42. The zero-order chi connectivity index (χ0) is 14.4. The van der Waals surface area contributed by atoms with Crippen molar-refractivity contribution >= 4 is 17.3 Å². The van der Waals surface area contributed by atoms with Gasteiger partial charge in [-0.05, 0) is 25.2 Å². The van der Waals surface area contributed by atoms with Crippen molar-refractivity contribution < 1.29 is 19.2 Å². The summed E-state index contributed by atoms with van der Waals surface area (Å²) in [7, 11) is 0. The molecule has 1 aliphatic heterocycles. The van der Waals surface area contributed by atoms with E-state index in [0.29, 0.717) is 12.5 Å². The summed E-state index contributed by atoms with van der Waals surface area (Å²) in [5.74, 6) is -1.93. The molecule has 7 heteroatoms. The van der Waals surface area contributed by atoms with Gasteiger partial charge in [-0.2, -0.15) is 0 Å². The first-order valence-electron chi connectivity index (χ1n) is 6.45. The molecule has 1 saturated carbocycles. The third-order valence-electron chi connectivity index (χ3n) is 4.21. The van der Waals surface area contributed by atoms with Crippen LogP contribution in [0.15, 0.2) is 12.1 Å². The van der Waals surface area contributed by atoms with Gasteiger partial charge in [0.15, 0.2) is 0 Å². The second kappa shape index (κ2) is 4.43. The predicted molar refractivity (Wildman–Crippen MR) is 68.5 cm³/mol. The van der Waals surface area contributed by atoms with Gasteiger partial charge in [-0.15, -0.1) is 0 Å². The highest BCUT2D eigenvalue weighted by molar-refractivity contribution is 5.90. The van der Waals surface area contributed by atoms with Crippen LogP contribution in [0.4, 0.5) is 15.8 Å². The molecule has 20 heavy (non-hydrogen) atoms. The van der Waals surface area contributed by atoms with E-state index < -0.39 is 22.3 Å². The maximum absolute atomic E-state index is 13.8. The summed E-state index contributed by atoms with van der Waals surface area (Å²) in [6.45, 7) is 0.678. The van der Waals surface area contributed by atoms with Crippen molar-refractivity contribution in [3.05, 3.63) is 33.6 Å². The molecule has 1 aliphatic carbocycles. The molecule has 1 aromatic rings. The van der Waals surface area contributed by atoms with Crippen LogP contribution in [0.2, 0.25) is 0 Å². The van der Waals surface area contributed by atoms with Gasteiger partial charge >= 0.3 is 5.97 Å². The molecule has 1 heterocycles. The fraction of sp³-hybridized carbons (Fsp3) is 0.462. The average Bonchev–Trinajstić information content (AvgIpc) is 2.99. The number of carbonyl (C=O) groups is 1. The molecular formula is C13H13FN2O4. The van der Waals surface area contributed by atoms with Gasteiger partial charge in [-0.3, -0.25) is 10.1 Å². The fourth-order valence-electron chi connectivity index (χ4n) is 3.31. The molecular weight excluding hydrogens is 267 g/mol. The second-order valence-corrected chi connectivity index (χ2v) is 5.37. The Bertz CT molecular complexity index is 604. The first-order valence-corrected chi connectivity index (χ1v) is 6.45. The van der Waals surface area contributed by atoms with Crippen LogP contribution >= 0.6 is 0 Å². The number of nitro benzene ring substituents is 1. The van der Waals surface area contributed by atoms with Crippen LogP contribution in [-0.4, -0.2) is 28.6 Å². The molecule has 0 radical (unpaired) electrons. The first-order chi connectivity index (χ1) is 9.47. The van der Waals surface area contributed by atoms with E-state index in [-0.39, 0.29) is 17.4 Å². The van der Waals surface area contributed by atoms with Crippen molar-refractivity contribution in [3.8, 4) is 0 Å². The zero-order valence-electron chi connectivity index (χ0n) is 10.6. The van der Waals surface area contributed by atoms with Crippen LogP contribution in [0.1, 0.15) is 29.6 Å². The van der Waals surface area contributed by atoms with E-state index in [1.54, 1.807) is 0 Å². The number of carboxylic acid groups (broad SMARTS) is 1. The van der Waals surface area contributed by atoms with Crippen LogP contribution in [0.5, 0.6) is 0 Å². The van der Waals surface area contributed by atoms with Gasteiger partial charge < -0.3 is 10.0 Å². The summed E-state index contributed by atoms with van der Waals surface area (Å²) >= 11 is 0. The van der Waals surface area contributed by atoms with E-state index in [4.69, 9.17) is 5.11 Å². The number of nitrogens with zero attached hydrogens (tertiary/aromatic N) is 2. The van der Waals surface area contributed by atoms with E-state index in [9.17, 15) is 19.3 Å². The van der Waals surface area contributed by atoms with Crippen molar-refractivity contribution in [3.63, 3.8) is 0 Å². The van der Waals surface area contributed by atoms with Gasteiger partial charge in [0.05, 0.1) is 4.92 Å². The highest BCUT2D eigenvalue weighted by Crippen LogP contribution is 2.43. The van der Waals surface area contributed by atoms with Crippen molar-refractivity contribution in [2.75, 3.05) is 11.4 Å². The Hall–Kier alpha value is -2.18. The maximum atomic E-state index is 13.8. The molecule has 6 nitrogen and oxygen atoms in total. The quantitative estimate of drug-likeness (QED) is 0.679. The molecule has 0 aromatic heterocycles. The highest BCUT2D eigenvalue weighted by Gasteiger charge is 2.40. The number of benzene rings is 1. The number of anilines is 1. The van der Waals surface area contributed by atoms with Crippen molar-refractivity contribution in [1.29, 1.82) is 0 Å². The van der Waals surface area contributed by atoms with Gasteiger partial charge in [0.25, 0.3) is 5.69 Å². The Morgan fingerprint density at radius 3 is 2.70 bits per heavy atom. The lowest BCUT2D eigenvalue weighted by Crippen LogP contribution is -2.32. The molecule has 1 aromatic carbocycles. The Morgan fingerprint density at radius 2 is 2.20 bits per heavy atom. The normalized spacial score (nSPS) is 24.1. The van der Waals surface area contributed by atoms with Gasteiger partial charge in [0.2, 0.25) is 0 Å². The Morgan fingerprint density at radius 1 is 1.45 bits per heavy atom. The third-order valence-corrected chi connectivity index (χ3v) is 4.21.